The molecule has 1 aliphatic heterocycles. The van der Waals surface area contributed by atoms with Crippen molar-refractivity contribution in [3.63, 3.8) is 0 Å². The van der Waals surface area contributed by atoms with E-state index in [-0.39, 0.29) is 22.3 Å². The van der Waals surface area contributed by atoms with Gasteiger partial charge in [0.2, 0.25) is 18.0 Å². The lowest BCUT2D eigenvalue weighted by molar-refractivity contribution is -0.159. The van der Waals surface area contributed by atoms with Crippen molar-refractivity contribution in [3.8, 4) is 5.75 Å². The molecule has 3 aromatic rings. The molecule has 3 atom stereocenters. The highest BCUT2D eigenvalue weighted by atomic mass is 16.5. The van der Waals surface area contributed by atoms with Gasteiger partial charge in [0.05, 0.1) is 0 Å². The van der Waals surface area contributed by atoms with E-state index < -0.39 is 48.2 Å². The molecular weight excluding hydrogens is 634 g/mol. The van der Waals surface area contributed by atoms with Gasteiger partial charge in [-0.1, -0.05) is 90.9 Å². The minimum absolute atomic E-state index is 0.0156. The van der Waals surface area contributed by atoms with Crippen LogP contribution in [0.25, 0.3) is 0 Å². The Balaban J connectivity index is 1.49. The fourth-order valence-electron chi connectivity index (χ4n) is 5.78. The van der Waals surface area contributed by atoms with Crippen LogP contribution in [0.1, 0.15) is 95.6 Å². The van der Waals surface area contributed by atoms with Crippen LogP contribution < -0.4 is 15.4 Å². The second-order valence-electron chi connectivity index (χ2n) is 13.9. The van der Waals surface area contributed by atoms with Gasteiger partial charge >= 0.3 is 0 Å². The van der Waals surface area contributed by atoms with Crippen LogP contribution in [-0.2, 0) is 34.7 Å². The molecule has 3 aromatic carbocycles. The number of ether oxygens (including phenoxy) is 2. The van der Waals surface area contributed by atoms with E-state index in [9.17, 15) is 24.0 Å². The molecule has 10 heteroatoms. The number of hydrogen-bond acceptors (Lipinski definition) is 7. The van der Waals surface area contributed by atoms with Crippen LogP contribution in [-0.4, -0.2) is 53.8 Å². The Labute approximate surface area is 294 Å². The van der Waals surface area contributed by atoms with Crippen LogP contribution >= 0.6 is 0 Å². The molecule has 0 aliphatic carbocycles. The van der Waals surface area contributed by atoms with Crippen LogP contribution in [0.15, 0.2) is 72.8 Å². The zero-order valence-corrected chi connectivity index (χ0v) is 30.3. The first-order valence-corrected chi connectivity index (χ1v) is 17.2. The Morgan fingerprint density at radius 1 is 0.820 bits per heavy atom. The average Bonchev–Trinajstić information content (AvgIpc) is 3.40. The molecule has 3 unspecified atom stereocenters. The molecule has 10 nitrogen and oxygen atoms in total. The zero-order valence-electron chi connectivity index (χ0n) is 30.3. The zero-order chi connectivity index (χ0) is 36.8. The smallest absolute Gasteiger partial charge is 0.275 e. The van der Waals surface area contributed by atoms with E-state index in [4.69, 9.17) is 9.47 Å². The Bertz CT molecular complexity index is 1730. The van der Waals surface area contributed by atoms with E-state index in [0.717, 1.165) is 18.4 Å². The van der Waals surface area contributed by atoms with Gasteiger partial charge in [0.1, 0.15) is 11.7 Å². The van der Waals surface area contributed by atoms with E-state index in [1.807, 2.05) is 13.0 Å². The molecular formula is C40H49N3O7. The van der Waals surface area contributed by atoms with E-state index in [1.54, 1.807) is 42.5 Å². The fourth-order valence-corrected chi connectivity index (χ4v) is 5.78. The molecule has 1 heterocycles. The predicted octanol–water partition coefficient (Wildman–Crippen LogP) is 7.03. The van der Waals surface area contributed by atoms with Gasteiger partial charge in [-0.3, -0.25) is 24.0 Å². The van der Waals surface area contributed by atoms with Crippen molar-refractivity contribution in [2.24, 2.45) is 5.92 Å². The summed E-state index contributed by atoms with van der Waals surface area (Å²) in [4.78, 5) is 67.2. The van der Waals surface area contributed by atoms with Crippen molar-refractivity contribution in [2.45, 2.75) is 97.3 Å². The number of likely N-dealkylation sites (tertiary alicyclic amines) is 1. The summed E-state index contributed by atoms with van der Waals surface area (Å²) in [6.07, 6.45) is -0.537. The summed E-state index contributed by atoms with van der Waals surface area (Å²) < 4.78 is 11.6. The Morgan fingerprint density at radius 2 is 1.46 bits per heavy atom. The molecule has 2 N–H and O–H groups in total. The number of Topliss-reactive ketones (excluding diaryl/α,β-unsaturated/α-hetero) is 1. The Morgan fingerprint density at radius 3 is 2.08 bits per heavy atom. The molecule has 4 amide bonds. The number of nitrogens with zero attached hydrogens (tertiary/aromatic N) is 1. The number of methoxy groups -OCH3 is 1. The third-order valence-corrected chi connectivity index (χ3v) is 9.83. The minimum Gasteiger partial charge on any atom is -0.480 e. The number of nitrogens with one attached hydrogen (secondary N) is 2. The number of para-hydroxylation sites is 1. The first-order valence-electron chi connectivity index (χ1n) is 17.2. The second-order valence-corrected chi connectivity index (χ2v) is 13.9. The van der Waals surface area contributed by atoms with Crippen LogP contribution in [0.4, 0.5) is 11.4 Å². The number of rotatable bonds is 15. The lowest BCUT2D eigenvalue weighted by Gasteiger charge is -2.31. The van der Waals surface area contributed by atoms with Crippen LogP contribution in [0.3, 0.4) is 0 Å². The predicted molar refractivity (Wildman–Crippen MR) is 193 cm³/mol. The number of amides is 4. The molecule has 1 fully saturated rings. The molecule has 0 saturated carbocycles. The van der Waals surface area contributed by atoms with Gasteiger partial charge in [-0.25, -0.2) is 4.90 Å². The average molecular weight is 684 g/mol. The first kappa shape index (κ1) is 38.0. The number of ketones is 1. The summed E-state index contributed by atoms with van der Waals surface area (Å²) in [6, 6.07) is 21.0. The molecule has 0 aromatic heterocycles. The first-order chi connectivity index (χ1) is 23.7. The summed E-state index contributed by atoms with van der Waals surface area (Å²) in [7, 11) is 1.21. The largest absolute Gasteiger partial charge is 0.480 e. The third-order valence-electron chi connectivity index (χ3n) is 9.83. The molecule has 0 spiro atoms. The number of benzene rings is 3. The molecule has 1 saturated heterocycles. The standard InChI is InChI=1S/C40H49N3O7/c1-9-31(50-32-21-20-26(39(4,5)10-2)23-30(32)40(6,7)11-3)35(46)42-28-19-15-16-25(22-28)34(45)29-24-33(44)43(37(29)48)38(49-8)36(47)41-27-17-13-12-14-18-27/h12-23,29,31,38H,9-11,24H2,1-8H3,(H,41,47)(H,42,46). The Kier molecular flexibility index (Phi) is 12.0. The number of carbonyl (C=O) groups excluding carboxylic acids is 5. The molecule has 0 bridgehead atoms. The van der Waals surface area contributed by atoms with Gasteiger partial charge in [-0.15, -0.1) is 0 Å². The summed E-state index contributed by atoms with van der Waals surface area (Å²) in [5, 5.41) is 5.48. The maximum atomic E-state index is 13.6. The number of anilines is 2. The van der Waals surface area contributed by atoms with Crippen LogP contribution in [0.2, 0.25) is 0 Å². The van der Waals surface area contributed by atoms with Crippen LogP contribution in [0.5, 0.6) is 5.75 Å². The lowest BCUT2D eigenvalue weighted by atomic mass is 9.76. The fraction of sp³-hybridized carbons (Fsp3) is 0.425. The lowest BCUT2D eigenvalue weighted by Crippen LogP contribution is -2.49. The highest BCUT2D eigenvalue weighted by molar-refractivity contribution is 6.20. The van der Waals surface area contributed by atoms with Gasteiger partial charge in [-0.05, 0) is 66.0 Å². The summed E-state index contributed by atoms with van der Waals surface area (Å²) in [5.41, 5.74) is 2.97. The van der Waals surface area contributed by atoms with E-state index >= 15 is 0 Å². The number of carbonyl (C=O) groups is 5. The molecule has 50 heavy (non-hydrogen) atoms. The highest BCUT2D eigenvalue weighted by Crippen LogP contribution is 2.39. The molecule has 0 radical (unpaired) electrons. The van der Waals surface area contributed by atoms with Gasteiger partial charge in [0.25, 0.3) is 11.8 Å². The van der Waals surface area contributed by atoms with Crippen molar-refractivity contribution in [2.75, 3.05) is 17.7 Å². The third kappa shape index (κ3) is 8.30. The summed E-state index contributed by atoms with van der Waals surface area (Å²) in [5.74, 6) is -3.94. The van der Waals surface area contributed by atoms with Crippen molar-refractivity contribution in [1.82, 2.24) is 4.90 Å². The Hall–Kier alpha value is -4.83. The van der Waals surface area contributed by atoms with E-state index in [0.29, 0.717) is 28.4 Å². The molecule has 4 rings (SSSR count). The minimum atomic E-state index is -1.55. The maximum absolute atomic E-state index is 13.6. The second kappa shape index (κ2) is 15.8. The normalized spacial score (nSPS) is 16.2. The van der Waals surface area contributed by atoms with Crippen molar-refractivity contribution in [3.05, 3.63) is 89.5 Å². The van der Waals surface area contributed by atoms with Gasteiger partial charge in [0.15, 0.2) is 11.9 Å². The van der Waals surface area contributed by atoms with Crippen LogP contribution in [0, 0.1) is 5.92 Å². The van der Waals surface area contributed by atoms with Crippen molar-refractivity contribution in [1.29, 1.82) is 0 Å². The molecule has 266 valence electrons. The van der Waals surface area contributed by atoms with Gasteiger partial charge in [0, 0.05) is 36.0 Å². The van der Waals surface area contributed by atoms with Crippen molar-refractivity contribution >= 4 is 40.8 Å². The monoisotopic (exact) mass is 683 g/mol. The summed E-state index contributed by atoms with van der Waals surface area (Å²) >= 11 is 0. The maximum Gasteiger partial charge on any atom is 0.275 e. The topological polar surface area (TPSA) is 131 Å². The summed E-state index contributed by atoms with van der Waals surface area (Å²) in [6.45, 7) is 14.9. The number of hydrogen-bond donors (Lipinski definition) is 2. The van der Waals surface area contributed by atoms with E-state index in [1.165, 1.54) is 24.8 Å². The highest BCUT2D eigenvalue weighted by Gasteiger charge is 2.48. The van der Waals surface area contributed by atoms with E-state index in [2.05, 4.69) is 64.3 Å². The number of imide groups is 1. The SMILES string of the molecule is CCC(Oc1ccc(C(C)(C)CC)cc1C(C)(C)CC)C(=O)Nc1cccc(C(=O)C2CC(=O)N(C(OC)C(=O)Nc3ccccc3)C2=O)c1. The van der Waals surface area contributed by atoms with Gasteiger partial charge < -0.3 is 20.1 Å². The quantitative estimate of drug-likeness (QED) is 0.1000. The van der Waals surface area contributed by atoms with Gasteiger partial charge in [-0.2, -0.15) is 0 Å². The molecule has 1 aliphatic rings. The van der Waals surface area contributed by atoms with Crippen molar-refractivity contribution < 1.29 is 33.4 Å².